The molecule has 1 aromatic carbocycles. The molecule has 6 heteroatoms. The maximum atomic E-state index is 12.4. The van der Waals surface area contributed by atoms with Gasteiger partial charge in [-0.3, -0.25) is 14.9 Å². The molecule has 2 rings (SSSR count). The van der Waals surface area contributed by atoms with E-state index in [1.54, 1.807) is 24.1 Å². The Balaban J connectivity index is 2.35. The summed E-state index contributed by atoms with van der Waals surface area (Å²) in [4.78, 5) is 24.7. The number of para-hydroxylation sites is 1. The van der Waals surface area contributed by atoms with Crippen molar-refractivity contribution < 1.29 is 9.72 Å². The number of piperidine rings is 1. The molecule has 1 aromatic rings. The molecule has 1 aliphatic rings. The topological polar surface area (TPSA) is 75.5 Å². The van der Waals surface area contributed by atoms with Crippen LogP contribution in [0.15, 0.2) is 18.2 Å². The summed E-state index contributed by atoms with van der Waals surface area (Å²) in [5.41, 5.74) is 0.604. The molecule has 0 aliphatic carbocycles. The molecule has 1 fully saturated rings. The van der Waals surface area contributed by atoms with Gasteiger partial charge >= 0.3 is 0 Å². The number of nitro benzene ring substituents is 1. The second-order valence-corrected chi connectivity index (χ2v) is 4.56. The largest absolute Gasteiger partial charge is 0.382 e. The normalized spacial score (nSPS) is 15.1. The molecule has 1 heterocycles. The van der Waals surface area contributed by atoms with Gasteiger partial charge in [-0.2, -0.15) is 0 Å². The highest BCUT2D eigenvalue weighted by molar-refractivity contribution is 6.01. The van der Waals surface area contributed by atoms with E-state index in [0.29, 0.717) is 11.3 Å². The summed E-state index contributed by atoms with van der Waals surface area (Å²) >= 11 is 0. The number of carbonyl (C=O) groups is 1. The van der Waals surface area contributed by atoms with E-state index >= 15 is 0 Å². The number of amides is 1. The quantitative estimate of drug-likeness (QED) is 0.670. The van der Waals surface area contributed by atoms with Crippen molar-refractivity contribution in [3.8, 4) is 0 Å². The number of nitrogens with zero attached hydrogens (tertiary/aromatic N) is 2. The van der Waals surface area contributed by atoms with Gasteiger partial charge < -0.3 is 10.2 Å². The van der Waals surface area contributed by atoms with Crippen LogP contribution in [0.25, 0.3) is 0 Å². The van der Waals surface area contributed by atoms with E-state index in [-0.39, 0.29) is 11.6 Å². The minimum Gasteiger partial charge on any atom is -0.382 e. The molecular formula is C13H17N3O3. The molecule has 1 N–H and O–H groups in total. The van der Waals surface area contributed by atoms with E-state index < -0.39 is 4.92 Å². The summed E-state index contributed by atoms with van der Waals surface area (Å²) in [5.74, 6) is -0.132. The van der Waals surface area contributed by atoms with Gasteiger partial charge in [-0.05, 0) is 25.3 Å². The number of nitro groups is 1. The second kappa shape index (κ2) is 5.69. The molecule has 0 saturated carbocycles. The van der Waals surface area contributed by atoms with Crippen LogP contribution in [-0.4, -0.2) is 35.9 Å². The van der Waals surface area contributed by atoms with Crippen LogP contribution >= 0.6 is 0 Å². The van der Waals surface area contributed by atoms with Crippen LogP contribution in [0.1, 0.15) is 29.6 Å². The van der Waals surface area contributed by atoms with Gasteiger partial charge in [-0.15, -0.1) is 0 Å². The molecule has 0 atom stereocenters. The van der Waals surface area contributed by atoms with Crippen molar-refractivity contribution >= 4 is 17.3 Å². The Kier molecular flexibility index (Phi) is 3.99. The smallest absolute Gasteiger partial charge is 0.293 e. The maximum Gasteiger partial charge on any atom is 0.293 e. The zero-order chi connectivity index (χ0) is 13.8. The summed E-state index contributed by atoms with van der Waals surface area (Å²) in [6, 6.07) is 4.59. The molecule has 0 radical (unpaired) electrons. The summed E-state index contributed by atoms with van der Waals surface area (Å²) in [5, 5.41) is 13.7. The zero-order valence-corrected chi connectivity index (χ0v) is 10.9. The van der Waals surface area contributed by atoms with E-state index in [2.05, 4.69) is 5.32 Å². The first-order chi connectivity index (χ1) is 9.15. The molecular weight excluding hydrogens is 246 g/mol. The number of likely N-dealkylation sites (tertiary alicyclic amines) is 1. The standard InChI is InChI=1S/C13H17N3O3/c1-14-12-10(6-5-7-11(12)16(18)19)13(17)15-8-3-2-4-9-15/h5-7,14H,2-4,8-9H2,1H3. The van der Waals surface area contributed by atoms with Gasteiger partial charge in [-0.25, -0.2) is 0 Å². The SMILES string of the molecule is CNc1c(C(=O)N2CCCCC2)cccc1[N+](=O)[O-]. The fraction of sp³-hybridized carbons (Fsp3) is 0.462. The summed E-state index contributed by atoms with van der Waals surface area (Å²) in [6.45, 7) is 1.45. The number of hydrogen-bond acceptors (Lipinski definition) is 4. The third kappa shape index (κ3) is 2.67. The Morgan fingerprint density at radius 3 is 2.58 bits per heavy atom. The number of nitrogens with one attached hydrogen (secondary N) is 1. The number of benzene rings is 1. The average Bonchev–Trinajstić information content (AvgIpc) is 2.46. The molecule has 0 aromatic heterocycles. The first kappa shape index (κ1) is 13.3. The van der Waals surface area contributed by atoms with Crippen molar-refractivity contribution in [3.63, 3.8) is 0 Å². The Labute approximate surface area is 111 Å². The highest BCUT2D eigenvalue weighted by atomic mass is 16.6. The molecule has 102 valence electrons. The van der Waals surface area contributed by atoms with Gasteiger partial charge in [0.1, 0.15) is 5.69 Å². The van der Waals surface area contributed by atoms with Crippen LogP contribution in [0, 0.1) is 10.1 Å². The Bertz CT molecular complexity index is 496. The van der Waals surface area contributed by atoms with E-state index in [0.717, 1.165) is 32.4 Å². The summed E-state index contributed by atoms with van der Waals surface area (Å²) < 4.78 is 0. The minimum absolute atomic E-state index is 0.0645. The van der Waals surface area contributed by atoms with Crippen molar-refractivity contribution in [2.45, 2.75) is 19.3 Å². The molecule has 0 unspecified atom stereocenters. The second-order valence-electron chi connectivity index (χ2n) is 4.56. The van der Waals surface area contributed by atoms with Crippen LogP contribution in [-0.2, 0) is 0 Å². The predicted molar refractivity (Wildman–Crippen MR) is 72.4 cm³/mol. The molecule has 1 amide bonds. The van der Waals surface area contributed by atoms with Gasteiger partial charge in [0.15, 0.2) is 0 Å². The highest BCUT2D eigenvalue weighted by Crippen LogP contribution is 2.29. The van der Waals surface area contributed by atoms with Gasteiger partial charge in [0, 0.05) is 26.2 Å². The van der Waals surface area contributed by atoms with E-state index in [9.17, 15) is 14.9 Å². The Hall–Kier alpha value is -2.11. The first-order valence-corrected chi connectivity index (χ1v) is 6.39. The number of hydrogen-bond donors (Lipinski definition) is 1. The van der Waals surface area contributed by atoms with Crippen molar-refractivity contribution in [1.82, 2.24) is 4.90 Å². The Morgan fingerprint density at radius 2 is 2.00 bits per heavy atom. The zero-order valence-electron chi connectivity index (χ0n) is 10.9. The van der Waals surface area contributed by atoms with Crippen molar-refractivity contribution in [3.05, 3.63) is 33.9 Å². The third-order valence-corrected chi connectivity index (χ3v) is 3.36. The lowest BCUT2D eigenvalue weighted by molar-refractivity contribution is -0.384. The lowest BCUT2D eigenvalue weighted by atomic mass is 10.1. The maximum absolute atomic E-state index is 12.4. The lowest BCUT2D eigenvalue weighted by Crippen LogP contribution is -2.36. The van der Waals surface area contributed by atoms with Gasteiger partial charge in [0.25, 0.3) is 11.6 Å². The van der Waals surface area contributed by atoms with Gasteiger partial charge in [-0.1, -0.05) is 6.07 Å². The average molecular weight is 263 g/mol. The monoisotopic (exact) mass is 263 g/mol. The highest BCUT2D eigenvalue weighted by Gasteiger charge is 2.25. The summed E-state index contributed by atoms with van der Waals surface area (Å²) in [7, 11) is 1.59. The molecule has 6 nitrogen and oxygen atoms in total. The van der Waals surface area contributed by atoms with Crippen LogP contribution < -0.4 is 5.32 Å². The van der Waals surface area contributed by atoms with E-state index in [1.165, 1.54) is 6.07 Å². The van der Waals surface area contributed by atoms with Crippen LogP contribution in [0.4, 0.5) is 11.4 Å². The Morgan fingerprint density at radius 1 is 1.32 bits per heavy atom. The number of carbonyl (C=O) groups excluding carboxylic acids is 1. The molecule has 0 bridgehead atoms. The molecule has 1 saturated heterocycles. The van der Waals surface area contributed by atoms with E-state index in [4.69, 9.17) is 0 Å². The number of rotatable bonds is 3. The third-order valence-electron chi connectivity index (χ3n) is 3.36. The molecule has 0 spiro atoms. The van der Waals surface area contributed by atoms with Crippen molar-refractivity contribution in [2.24, 2.45) is 0 Å². The van der Waals surface area contributed by atoms with Crippen LogP contribution in [0.3, 0.4) is 0 Å². The van der Waals surface area contributed by atoms with E-state index in [1.807, 2.05) is 0 Å². The predicted octanol–water partition coefficient (Wildman–Crippen LogP) is 2.26. The van der Waals surface area contributed by atoms with Gasteiger partial charge in [0.2, 0.25) is 0 Å². The van der Waals surface area contributed by atoms with Crippen molar-refractivity contribution in [1.29, 1.82) is 0 Å². The number of anilines is 1. The lowest BCUT2D eigenvalue weighted by Gasteiger charge is -2.27. The minimum atomic E-state index is -0.473. The fourth-order valence-electron chi connectivity index (χ4n) is 2.40. The fourth-order valence-corrected chi connectivity index (χ4v) is 2.40. The van der Waals surface area contributed by atoms with Gasteiger partial charge in [0.05, 0.1) is 10.5 Å². The van der Waals surface area contributed by atoms with Crippen molar-refractivity contribution in [2.75, 3.05) is 25.5 Å². The van der Waals surface area contributed by atoms with Crippen LogP contribution in [0.2, 0.25) is 0 Å². The molecule has 1 aliphatic heterocycles. The first-order valence-electron chi connectivity index (χ1n) is 6.39. The molecule has 19 heavy (non-hydrogen) atoms. The van der Waals surface area contributed by atoms with Crippen LogP contribution in [0.5, 0.6) is 0 Å². The summed E-state index contributed by atoms with van der Waals surface area (Å²) in [6.07, 6.45) is 3.13.